The van der Waals surface area contributed by atoms with Crippen LogP contribution in [-0.4, -0.2) is 44.8 Å². The minimum Gasteiger partial charge on any atom is -0.341 e. The summed E-state index contributed by atoms with van der Waals surface area (Å²) in [6.45, 7) is 1.79. The number of sulfone groups is 1. The molecule has 0 aromatic heterocycles. The molecular formula is C14H18FNO3S. The minimum absolute atomic E-state index is 0.0704. The summed E-state index contributed by atoms with van der Waals surface area (Å²) < 4.78 is 34.9. The monoisotopic (exact) mass is 299 g/mol. The highest BCUT2D eigenvalue weighted by molar-refractivity contribution is 7.90. The second-order valence-corrected chi connectivity index (χ2v) is 7.00. The summed E-state index contributed by atoms with van der Waals surface area (Å²) in [5.41, 5.74) is 1.18. The van der Waals surface area contributed by atoms with Crippen molar-refractivity contribution in [1.29, 1.82) is 0 Å². The second-order valence-electron chi connectivity index (χ2n) is 4.74. The van der Waals surface area contributed by atoms with E-state index in [1.54, 1.807) is 32.2 Å². The highest BCUT2D eigenvalue weighted by Gasteiger charge is 2.13. The molecular weight excluding hydrogens is 281 g/mol. The van der Waals surface area contributed by atoms with Crippen molar-refractivity contribution in [1.82, 2.24) is 4.90 Å². The summed E-state index contributed by atoms with van der Waals surface area (Å²) in [4.78, 5) is 13.4. The van der Waals surface area contributed by atoms with Gasteiger partial charge in [-0.3, -0.25) is 4.79 Å². The summed E-state index contributed by atoms with van der Waals surface area (Å²) in [5.74, 6) is -0.659. The molecule has 0 saturated carbocycles. The number of halogens is 1. The minimum atomic E-state index is -3.10. The fourth-order valence-electron chi connectivity index (χ4n) is 1.58. The molecule has 6 heteroatoms. The SMILES string of the molecule is C/C(=C\c1ccc(F)cc1)C(=O)N(C)CCS(C)(=O)=O. The maximum Gasteiger partial charge on any atom is 0.249 e. The highest BCUT2D eigenvalue weighted by Crippen LogP contribution is 2.10. The van der Waals surface area contributed by atoms with Crippen LogP contribution in [0.5, 0.6) is 0 Å². The zero-order valence-electron chi connectivity index (χ0n) is 11.8. The van der Waals surface area contributed by atoms with Gasteiger partial charge in [0.1, 0.15) is 15.7 Å². The third kappa shape index (κ3) is 5.52. The molecule has 0 aliphatic carbocycles. The normalized spacial score (nSPS) is 12.3. The average Bonchev–Trinajstić information content (AvgIpc) is 2.36. The molecule has 0 atom stereocenters. The molecule has 0 unspecified atom stereocenters. The van der Waals surface area contributed by atoms with E-state index in [0.717, 1.165) is 6.26 Å². The van der Waals surface area contributed by atoms with E-state index in [1.807, 2.05) is 0 Å². The van der Waals surface area contributed by atoms with Crippen molar-refractivity contribution in [2.45, 2.75) is 6.92 Å². The highest BCUT2D eigenvalue weighted by atomic mass is 32.2. The quantitative estimate of drug-likeness (QED) is 0.778. The zero-order chi connectivity index (χ0) is 15.3. The van der Waals surface area contributed by atoms with E-state index in [2.05, 4.69) is 0 Å². The van der Waals surface area contributed by atoms with E-state index >= 15 is 0 Å². The molecule has 0 radical (unpaired) electrons. The van der Waals surface area contributed by atoms with Crippen LogP contribution in [0.3, 0.4) is 0 Å². The summed E-state index contributed by atoms with van der Waals surface area (Å²) in [6.07, 6.45) is 2.77. The third-order valence-electron chi connectivity index (χ3n) is 2.73. The van der Waals surface area contributed by atoms with Crippen LogP contribution in [0.4, 0.5) is 4.39 Å². The van der Waals surface area contributed by atoms with Gasteiger partial charge in [-0.15, -0.1) is 0 Å². The van der Waals surface area contributed by atoms with Crippen molar-refractivity contribution in [3.8, 4) is 0 Å². The van der Waals surface area contributed by atoms with Gasteiger partial charge in [0.15, 0.2) is 0 Å². The van der Waals surface area contributed by atoms with Gasteiger partial charge in [-0.1, -0.05) is 12.1 Å². The number of rotatable bonds is 5. The molecule has 0 saturated heterocycles. The van der Waals surface area contributed by atoms with Gasteiger partial charge in [0.2, 0.25) is 5.91 Å². The molecule has 0 aliphatic heterocycles. The average molecular weight is 299 g/mol. The Morgan fingerprint density at radius 1 is 1.30 bits per heavy atom. The Morgan fingerprint density at radius 3 is 2.35 bits per heavy atom. The Kier molecular flexibility index (Phi) is 5.44. The lowest BCUT2D eigenvalue weighted by molar-refractivity contribution is -0.125. The number of amides is 1. The first-order valence-electron chi connectivity index (χ1n) is 6.06. The first-order chi connectivity index (χ1) is 9.19. The molecule has 20 heavy (non-hydrogen) atoms. The topological polar surface area (TPSA) is 54.5 Å². The van der Waals surface area contributed by atoms with Crippen molar-refractivity contribution in [2.24, 2.45) is 0 Å². The first kappa shape index (κ1) is 16.4. The fraction of sp³-hybridized carbons (Fsp3) is 0.357. The van der Waals surface area contributed by atoms with Crippen LogP contribution in [0.15, 0.2) is 29.8 Å². The number of likely N-dealkylation sites (N-methyl/N-ethyl adjacent to an activating group) is 1. The second kappa shape index (κ2) is 6.65. The van der Waals surface area contributed by atoms with E-state index in [9.17, 15) is 17.6 Å². The van der Waals surface area contributed by atoms with E-state index in [4.69, 9.17) is 0 Å². The predicted molar refractivity (Wildman–Crippen MR) is 77.4 cm³/mol. The predicted octanol–water partition coefficient (Wildman–Crippen LogP) is 1.73. The molecule has 1 amide bonds. The summed E-state index contributed by atoms with van der Waals surface area (Å²) in [6, 6.07) is 5.78. The van der Waals surface area contributed by atoms with Crippen LogP contribution < -0.4 is 0 Å². The number of carbonyl (C=O) groups excluding carboxylic acids is 1. The van der Waals surface area contributed by atoms with Crippen LogP contribution in [0.1, 0.15) is 12.5 Å². The van der Waals surface area contributed by atoms with Gasteiger partial charge in [-0.05, 0) is 30.7 Å². The molecule has 0 N–H and O–H groups in total. The van der Waals surface area contributed by atoms with Crippen molar-refractivity contribution in [3.63, 3.8) is 0 Å². The maximum absolute atomic E-state index is 12.8. The molecule has 1 aromatic carbocycles. The van der Waals surface area contributed by atoms with E-state index in [-0.39, 0.29) is 24.0 Å². The van der Waals surface area contributed by atoms with Crippen molar-refractivity contribution >= 4 is 21.8 Å². The Labute approximate surface area is 118 Å². The van der Waals surface area contributed by atoms with Gasteiger partial charge < -0.3 is 4.90 Å². The lowest BCUT2D eigenvalue weighted by Crippen LogP contribution is -2.31. The standard InChI is InChI=1S/C14H18FNO3S/c1-11(10-12-4-6-13(15)7-5-12)14(17)16(2)8-9-20(3,18)19/h4-7,10H,8-9H2,1-3H3/b11-10+. The Balaban J connectivity index is 2.73. The van der Waals surface area contributed by atoms with Crippen LogP contribution >= 0.6 is 0 Å². The number of carbonyl (C=O) groups is 1. The van der Waals surface area contributed by atoms with Gasteiger partial charge in [0.25, 0.3) is 0 Å². The van der Waals surface area contributed by atoms with Crippen molar-refractivity contribution < 1.29 is 17.6 Å². The van der Waals surface area contributed by atoms with Crippen molar-refractivity contribution in [3.05, 3.63) is 41.2 Å². The largest absolute Gasteiger partial charge is 0.341 e. The number of hydrogen-bond acceptors (Lipinski definition) is 3. The summed E-state index contributed by atoms with van der Waals surface area (Å²) >= 11 is 0. The molecule has 0 spiro atoms. The van der Waals surface area contributed by atoms with Gasteiger partial charge in [-0.25, -0.2) is 12.8 Å². The molecule has 0 bridgehead atoms. The lowest BCUT2D eigenvalue weighted by Gasteiger charge is -2.16. The summed E-state index contributed by atoms with van der Waals surface area (Å²) in [7, 11) is -1.55. The fourth-order valence-corrected chi connectivity index (χ4v) is 2.18. The Bertz CT molecular complexity index is 606. The van der Waals surface area contributed by atoms with Crippen molar-refractivity contribution in [2.75, 3.05) is 25.6 Å². The molecule has 0 heterocycles. The van der Waals surface area contributed by atoms with E-state index < -0.39 is 9.84 Å². The summed E-state index contributed by atoms with van der Waals surface area (Å²) in [5, 5.41) is 0. The number of nitrogens with zero attached hydrogens (tertiary/aromatic N) is 1. The van der Waals surface area contributed by atoms with Crippen LogP contribution in [0, 0.1) is 5.82 Å². The van der Waals surface area contributed by atoms with E-state index in [0.29, 0.717) is 11.1 Å². The van der Waals surface area contributed by atoms with Crippen LogP contribution in [0.2, 0.25) is 0 Å². The maximum atomic E-state index is 12.8. The molecule has 0 aliphatic rings. The first-order valence-corrected chi connectivity index (χ1v) is 8.12. The van der Waals surface area contributed by atoms with Gasteiger partial charge in [-0.2, -0.15) is 0 Å². The molecule has 0 fully saturated rings. The number of benzene rings is 1. The third-order valence-corrected chi connectivity index (χ3v) is 3.66. The Hall–Kier alpha value is -1.69. The molecule has 4 nitrogen and oxygen atoms in total. The zero-order valence-corrected chi connectivity index (χ0v) is 12.6. The van der Waals surface area contributed by atoms with Gasteiger partial charge in [0, 0.05) is 25.4 Å². The lowest BCUT2D eigenvalue weighted by atomic mass is 10.1. The van der Waals surface area contributed by atoms with Crippen LogP contribution in [0.25, 0.3) is 6.08 Å². The molecule has 1 aromatic rings. The van der Waals surface area contributed by atoms with Crippen LogP contribution in [-0.2, 0) is 14.6 Å². The van der Waals surface area contributed by atoms with E-state index in [1.165, 1.54) is 17.0 Å². The molecule has 1 rings (SSSR count). The van der Waals surface area contributed by atoms with Gasteiger partial charge in [0.05, 0.1) is 5.75 Å². The Morgan fingerprint density at radius 2 is 1.85 bits per heavy atom. The number of hydrogen-bond donors (Lipinski definition) is 0. The smallest absolute Gasteiger partial charge is 0.249 e. The molecule has 110 valence electrons. The van der Waals surface area contributed by atoms with Gasteiger partial charge >= 0.3 is 0 Å².